The van der Waals surface area contributed by atoms with Crippen LogP contribution in [0.1, 0.15) is 5.56 Å². The molecule has 0 bridgehead atoms. The van der Waals surface area contributed by atoms with Gasteiger partial charge in [0.1, 0.15) is 0 Å². The Morgan fingerprint density at radius 2 is 1.73 bits per heavy atom. The first-order valence-corrected chi connectivity index (χ1v) is 8.33. The van der Waals surface area contributed by atoms with Crippen LogP contribution in [0.15, 0.2) is 30.8 Å². The molecule has 11 heavy (non-hydrogen) atoms. The molecule has 0 saturated carbocycles. The summed E-state index contributed by atoms with van der Waals surface area (Å²) >= 11 is -0.656. The van der Waals surface area contributed by atoms with Gasteiger partial charge in [-0.25, -0.2) is 0 Å². The van der Waals surface area contributed by atoms with Crippen molar-refractivity contribution >= 4 is 25.1 Å². The van der Waals surface area contributed by atoms with Gasteiger partial charge in [-0.05, 0) is 0 Å². The Kier molecular flexibility index (Phi) is 2.96. The van der Waals surface area contributed by atoms with E-state index in [-0.39, 0.29) is 0 Å². The zero-order valence-corrected chi connectivity index (χ0v) is 8.92. The quantitative estimate of drug-likeness (QED) is 0.654. The van der Waals surface area contributed by atoms with Gasteiger partial charge in [0.05, 0.1) is 0 Å². The van der Waals surface area contributed by atoms with Crippen molar-refractivity contribution in [2.45, 2.75) is 11.4 Å². The van der Waals surface area contributed by atoms with Crippen molar-refractivity contribution in [2.24, 2.45) is 0 Å². The van der Waals surface area contributed by atoms with Crippen molar-refractivity contribution in [3.8, 4) is 0 Å². The van der Waals surface area contributed by atoms with Crippen LogP contribution in [0, 0.1) is 0 Å². The van der Waals surface area contributed by atoms with Crippen LogP contribution in [0.5, 0.6) is 0 Å². The number of hydrogen-bond donors (Lipinski definition) is 0. The Balaban J connectivity index is 2.91. The summed E-state index contributed by atoms with van der Waals surface area (Å²) in [5.74, 6) is 0. The normalized spacial score (nSPS) is 10.1. The van der Waals surface area contributed by atoms with E-state index in [2.05, 4.69) is 42.3 Å². The van der Waals surface area contributed by atoms with Gasteiger partial charge in [0, 0.05) is 0 Å². The van der Waals surface area contributed by atoms with Crippen LogP contribution in [0.2, 0.25) is 11.4 Å². The molecule has 0 aliphatic heterocycles. The van der Waals surface area contributed by atoms with Gasteiger partial charge in [0.25, 0.3) is 0 Å². The average molecular weight is 208 g/mol. The van der Waals surface area contributed by atoms with Crippen molar-refractivity contribution in [3.63, 3.8) is 0 Å². The molecule has 0 atom stereocenters. The van der Waals surface area contributed by atoms with Crippen LogP contribution in [0.4, 0.5) is 0 Å². The van der Waals surface area contributed by atoms with E-state index >= 15 is 0 Å². The van der Waals surface area contributed by atoms with Gasteiger partial charge < -0.3 is 0 Å². The molecule has 0 heterocycles. The minimum absolute atomic E-state index is 0.656. The fraction of sp³-hybridized carbons (Fsp3) is 0.200. The summed E-state index contributed by atoms with van der Waals surface area (Å²) in [6.45, 7) is 3.72. The van der Waals surface area contributed by atoms with E-state index in [4.69, 9.17) is 0 Å². The number of benzene rings is 1. The predicted octanol–water partition coefficient (Wildman–Crippen LogP) is 2.29. The van der Waals surface area contributed by atoms with Crippen LogP contribution in [0.25, 0.3) is 6.08 Å². The Bertz CT molecular complexity index is 234. The van der Waals surface area contributed by atoms with Crippen molar-refractivity contribution in [1.82, 2.24) is 0 Å². The molecule has 0 aliphatic rings. The van der Waals surface area contributed by atoms with Gasteiger partial charge in [-0.2, -0.15) is 0 Å². The summed E-state index contributed by atoms with van der Waals surface area (Å²) in [6, 6.07) is 8.71. The molecule has 0 aromatic heterocycles. The third kappa shape index (κ3) is 2.23. The van der Waals surface area contributed by atoms with Crippen LogP contribution >= 0.6 is 0 Å². The van der Waals surface area contributed by atoms with Gasteiger partial charge in [0.15, 0.2) is 0 Å². The number of rotatable bonds is 2. The fourth-order valence-electron chi connectivity index (χ4n) is 0.909. The third-order valence-electron chi connectivity index (χ3n) is 1.65. The first-order chi connectivity index (χ1) is 5.24. The molecule has 1 aromatic carbocycles. The van der Waals surface area contributed by atoms with Crippen molar-refractivity contribution in [2.75, 3.05) is 0 Å². The monoisotopic (exact) mass is 208 g/mol. The molecule has 0 amide bonds. The van der Waals surface area contributed by atoms with E-state index in [0.29, 0.717) is 0 Å². The Labute approximate surface area is 73.2 Å². The van der Waals surface area contributed by atoms with E-state index in [0.717, 1.165) is 0 Å². The SMILES string of the molecule is C=Cc1ccc([As](C)C)cc1. The van der Waals surface area contributed by atoms with Crippen molar-refractivity contribution in [3.05, 3.63) is 36.4 Å². The molecule has 1 rings (SSSR count). The second kappa shape index (κ2) is 3.78. The summed E-state index contributed by atoms with van der Waals surface area (Å²) in [5, 5.41) is 0. The van der Waals surface area contributed by atoms with Crippen LogP contribution < -0.4 is 4.35 Å². The Hall–Kier alpha value is -0.482. The van der Waals surface area contributed by atoms with Crippen LogP contribution in [-0.4, -0.2) is 14.7 Å². The maximum absolute atomic E-state index is 3.72. The van der Waals surface area contributed by atoms with Gasteiger partial charge in [-0.3, -0.25) is 0 Å². The molecule has 1 aromatic rings. The molecule has 0 saturated heterocycles. The standard InChI is InChI=1S/C10H13As/c1-4-9-5-7-10(8-6-9)11(2)3/h4-8H,1H2,2-3H3. The summed E-state index contributed by atoms with van der Waals surface area (Å²) in [7, 11) is 0. The van der Waals surface area contributed by atoms with E-state index in [1.165, 1.54) is 9.91 Å². The summed E-state index contributed by atoms with van der Waals surface area (Å²) < 4.78 is 1.53. The van der Waals surface area contributed by atoms with Crippen molar-refractivity contribution in [1.29, 1.82) is 0 Å². The summed E-state index contributed by atoms with van der Waals surface area (Å²) in [6.07, 6.45) is 1.88. The van der Waals surface area contributed by atoms with E-state index < -0.39 is 14.7 Å². The predicted molar refractivity (Wildman–Crippen MR) is 53.6 cm³/mol. The molecular formula is C10H13As. The second-order valence-corrected chi connectivity index (χ2v) is 7.53. The first-order valence-electron chi connectivity index (χ1n) is 3.64. The molecule has 1 heteroatoms. The van der Waals surface area contributed by atoms with Gasteiger partial charge in [0.2, 0.25) is 0 Å². The number of hydrogen-bond acceptors (Lipinski definition) is 0. The van der Waals surface area contributed by atoms with Gasteiger partial charge in [-0.1, -0.05) is 0 Å². The van der Waals surface area contributed by atoms with E-state index in [9.17, 15) is 0 Å². The van der Waals surface area contributed by atoms with Crippen molar-refractivity contribution < 1.29 is 0 Å². The molecule has 0 fully saturated rings. The van der Waals surface area contributed by atoms with Gasteiger partial charge in [-0.15, -0.1) is 0 Å². The molecule has 0 N–H and O–H groups in total. The van der Waals surface area contributed by atoms with E-state index in [1.54, 1.807) is 0 Å². The molecule has 0 radical (unpaired) electrons. The Morgan fingerprint density at radius 3 is 2.09 bits per heavy atom. The first kappa shape index (κ1) is 8.61. The van der Waals surface area contributed by atoms with Crippen LogP contribution in [-0.2, 0) is 0 Å². The molecule has 58 valence electrons. The second-order valence-electron chi connectivity index (χ2n) is 2.69. The summed E-state index contributed by atoms with van der Waals surface area (Å²) in [5.41, 5.74) is 5.90. The topological polar surface area (TPSA) is 0 Å². The molecule has 0 spiro atoms. The third-order valence-corrected chi connectivity index (χ3v) is 4.44. The maximum atomic E-state index is 3.72. The fourth-order valence-corrected chi connectivity index (χ4v) is 2.47. The molecule has 0 unspecified atom stereocenters. The van der Waals surface area contributed by atoms with Gasteiger partial charge >= 0.3 is 72.9 Å². The molecule has 0 aliphatic carbocycles. The summed E-state index contributed by atoms with van der Waals surface area (Å²) in [4.78, 5) is 0. The zero-order valence-electron chi connectivity index (χ0n) is 7.04. The average Bonchev–Trinajstić information content (AvgIpc) is 2.05. The van der Waals surface area contributed by atoms with E-state index in [1.807, 2.05) is 6.08 Å². The molecule has 0 nitrogen and oxygen atoms in total. The van der Waals surface area contributed by atoms with Crippen LogP contribution in [0.3, 0.4) is 0 Å². The Morgan fingerprint density at radius 1 is 1.18 bits per heavy atom. The molecular weight excluding hydrogens is 195 g/mol. The minimum atomic E-state index is -0.656. The zero-order chi connectivity index (χ0) is 8.27.